The number of hydrogen-bond donors (Lipinski definition) is 3. The van der Waals surface area contributed by atoms with Gasteiger partial charge in [0.2, 0.25) is 5.95 Å². The molecule has 120 valence electrons. The molecule has 1 saturated carbocycles. The zero-order valence-electron chi connectivity index (χ0n) is 13.4. The largest absolute Gasteiger partial charge is 0.368 e. The highest BCUT2D eigenvalue weighted by Gasteiger charge is 2.26. The van der Waals surface area contributed by atoms with Crippen LogP contribution in [0, 0.1) is 17.2 Å². The van der Waals surface area contributed by atoms with E-state index in [2.05, 4.69) is 45.5 Å². The minimum absolute atomic E-state index is 0.274. The summed E-state index contributed by atoms with van der Waals surface area (Å²) in [6.45, 7) is 5.00. The first kappa shape index (κ1) is 15.4. The SMILES string of the molecule is CC(C)CNc1nc(C#N)cc2cnc(N[C@H]3C[C@H](N)C3)nc12. The molecule has 2 aromatic rings. The van der Waals surface area contributed by atoms with Crippen LogP contribution in [0.3, 0.4) is 0 Å². The molecule has 0 radical (unpaired) electrons. The zero-order chi connectivity index (χ0) is 16.4. The number of anilines is 2. The van der Waals surface area contributed by atoms with Gasteiger partial charge in [-0.05, 0) is 24.8 Å². The number of pyridine rings is 1. The smallest absolute Gasteiger partial charge is 0.223 e. The second kappa shape index (κ2) is 6.34. The van der Waals surface area contributed by atoms with E-state index in [1.807, 2.05) is 0 Å². The second-order valence-corrected chi connectivity index (χ2v) is 6.45. The lowest BCUT2D eigenvalue weighted by Crippen LogP contribution is -2.44. The van der Waals surface area contributed by atoms with E-state index in [9.17, 15) is 0 Å². The van der Waals surface area contributed by atoms with Gasteiger partial charge in [0.25, 0.3) is 0 Å². The van der Waals surface area contributed by atoms with Gasteiger partial charge in [-0.2, -0.15) is 5.26 Å². The summed E-state index contributed by atoms with van der Waals surface area (Å²) in [6, 6.07) is 4.40. The summed E-state index contributed by atoms with van der Waals surface area (Å²) in [5.74, 6) is 1.67. The van der Waals surface area contributed by atoms with Crippen LogP contribution in [-0.2, 0) is 0 Å². The lowest BCUT2D eigenvalue weighted by Gasteiger charge is -2.32. The molecule has 7 heteroatoms. The first-order valence-electron chi connectivity index (χ1n) is 7.89. The molecular weight excluding hydrogens is 290 g/mol. The van der Waals surface area contributed by atoms with Crippen LogP contribution in [0.5, 0.6) is 0 Å². The maximum atomic E-state index is 9.13. The van der Waals surface area contributed by atoms with Crippen molar-refractivity contribution in [2.24, 2.45) is 11.7 Å². The van der Waals surface area contributed by atoms with Crippen molar-refractivity contribution in [1.82, 2.24) is 15.0 Å². The topological polar surface area (TPSA) is 113 Å². The predicted octanol–water partition coefficient (Wildman–Crippen LogP) is 1.87. The molecule has 2 aromatic heterocycles. The molecule has 2 heterocycles. The van der Waals surface area contributed by atoms with Gasteiger partial charge in [-0.15, -0.1) is 0 Å². The van der Waals surface area contributed by atoms with Gasteiger partial charge in [-0.1, -0.05) is 13.8 Å². The number of aromatic nitrogens is 3. The third-order valence-electron chi connectivity index (χ3n) is 3.87. The van der Waals surface area contributed by atoms with Gasteiger partial charge in [0, 0.05) is 30.2 Å². The first-order valence-corrected chi connectivity index (χ1v) is 7.89. The Bertz CT molecular complexity index is 744. The molecule has 1 aliphatic carbocycles. The Labute approximate surface area is 135 Å². The lowest BCUT2D eigenvalue weighted by molar-refractivity contribution is 0.372. The molecule has 3 rings (SSSR count). The summed E-state index contributed by atoms with van der Waals surface area (Å²) in [5, 5.41) is 16.5. The molecule has 1 aliphatic rings. The van der Waals surface area contributed by atoms with E-state index in [0.29, 0.717) is 29.4 Å². The van der Waals surface area contributed by atoms with Crippen molar-refractivity contribution in [3.63, 3.8) is 0 Å². The van der Waals surface area contributed by atoms with Gasteiger partial charge in [-0.3, -0.25) is 0 Å². The Morgan fingerprint density at radius 2 is 2.17 bits per heavy atom. The number of nitrogens with zero attached hydrogens (tertiary/aromatic N) is 4. The molecule has 0 atom stereocenters. The summed E-state index contributed by atoms with van der Waals surface area (Å²) in [4.78, 5) is 13.3. The van der Waals surface area contributed by atoms with Crippen molar-refractivity contribution in [3.8, 4) is 6.07 Å². The quantitative estimate of drug-likeness (QED) is 0.772. The molecule has 0 bridgehead atoms. The van der Waals surface area contributed by atoms with Crippen LogP contribution in [0.15, 0.2) is 12.3 Å². The number of nitrogens with one attached hydrogen (secondary N) is 2. The van der Waals surface area contributed by atoms with E-state index < -0.39 is 0 Å². The Balaban J connectivity index is 1.91. The molecule has 0 aliphatic heterocycles. The Hall–Kier alpha value is -2.46. The zero-order valence-corrected chi connectivity index (χ0v) is 13.4. The maximum absolute atomic E-state index is 9.13. The third kappa shape index (κ3) is 3.48. The molecule has 1 fully saturated rings. The van der Waals surface area contributed by atoms with Gasteiger partial charge >= 0.3 is 0 Å². The number of fused-ring (bicyclic) bond motifs is 1. The summed E-state index contributed by atoms with van der Waals surface area (Å²) >= 11 is 0. The fourth-order valence-electron chi connectivity index (χ4n) is 2.55. The van der Waals surface area contributed by atoms with Crippen LogP contribution < -0.4 is 16.4 Å². The van der Waals surface area contributed by atoms with Crippen molar-refractivity contribution in [2.75, 3.05) is 17.2 Å². The first-order chi connectivity index (χ1) is 11.0. The normalized spacial score (nSPS) is 20.1. The summed E-state index contributed by atoms with van der Waals surface area (Å²) in [6.07, 6.45) is 3.60. The molecule has 4 N–H and O–H groups in total. The van der Waals surface area contributed by atoms with Crippen molar-refractivity contribution < 1.29 is 0 Å². The van der Waals surface area contributed by atoms with Crippen LogP contribution in [-0.4, -0.2) is 33.6 Å². The molecule has 0 saturated heterocycles. The molecule has 7 nitrogen and oxygen atoms in total. The highest BCUT2D eigenvalue weighted by molar-refractivity contribution is 5.89. The van der Waals surface area contributed by atoms with Crippen molar-refractivity contribution in [1.29, 1.82) is 5.26 Å². The van der Waals surface area contributed by atoms with Gasteiger partial charge in [-0.25, -0.2) is 15.0 Å². The summed E-state index contributed by atoms with van der Waals surface area (Å²) in [5.41, 5.74) is 6.89. The van der Waals surface area contributed by atoms with E-state index >= 15 is 0 Å². The highest BCUT2D eigenvalue weighted by atomic mass is 15.1. The fraction of sp³-hybridized carbons (Fsp3) is 0.500. The Morgan fingerprint density at radius 1 is 1.39 bits per heavy atom. The lowest BCUT2D eigenvalue weighted by atomic mass is 9.88. The second-order valence-electron chi connectivity index (χ2n) is 6.45. The molecular formula is C16H21N7. The van der Waals surface area contributed by atoms with E-state index in [4.69, 9.17) is 11.0 Å². The van der Waals surface area contributed by atoms with E-state index in [-0.39, 0.29) is 6.04 Å². The third-order valence-corrected chi connectivity index (χ3v) is 3.87. The molecule has 0 unspecified atom stereocenters. The number of rotatable bonds is 5. The van der Waals surface area contributed by atoms with Crippen LogP contribution in [0.1, 0.15) is 32.4 Å². The minimum atomic E-state index is 0.274. The van der Waals surface area contributed by atoms with Crippen LogP contribution in [0.4, 0.5) is 11.8 Å². The van der Waals surface area contributed by atoms with Crippen molar-refractivity contribution in [3.05, 3.63) is 18.0 Å². The molecule has 0 spiro atoms. The van der Waals surface area contributed by atoms with Crippen LogP contribution in [0.2, 0.25) is 0 Å². The molecule has 0 aromatic carbocycles. The van der Waals surface area contributed by atoms with Gasteiger partial charge in [0.05, 0.1) is 0 Å². The van der Waals surface area contributed by atoms with Crippen LogP contribution in [0.25, 0.3) is 10.9 Å². The van der Waals surface area contributed by atoms with Gasteiger partial charge in [0.15, 0.2) is 5.82 Å². The van der Waals surface area contributed by atoms with Crippen LogP contribution >= 0.6 is 0 Å². The fourth-order valence-corrected chi connectivity index (χ4v) is 2.55. The van der Waals surface area contributed by atoms with Crippen molar-refractivity contribution >= 4 is 22.7 Å². The van der Waals surface area contributed by atoms with E-state index in [1.165, 1.54) is 0 Å². The Morgan fingerprint density at radius 3 is 2.83 bits per heavy atom. The van der Waals surface area contributed by atoms with E-state index in [1.54, 1.807) is 12.3 Å². The van der Waals surface area contributed by atoms with Crippen molar-refractivity contribution in [2.45, 2.75) is 38.8 Å². The summed E-state index contributed by atoms with van der Waals surface area (Å²) in [7, 11) is 0. The predicted molar refractivity (Wildman–Crippen MR) is 90.0 cm³/mol. The van der Waals surface area contributed by atoms with Gasteiger partial charge < -0.3 is 16.4 Å². The summed E-state index contributed by atoms with van der Waals surface area (Å²) < 4.78 is 0. The number of nitrogens with two attached hydrogens (primary N) is 1. The Kier molecular flexibility index (Phi) is 4.26. The minimum Gasteiger partial charge on any atom is -0.368 e. The van der Waals surface area contributed by atoms with Gasteiger partial charge in [0.1, 0.15) is 17.3 Å². The molecule has 23 heavy (non-hydrogen) atoms. The monoisotopic (exact) mass is 311 g/mol. The standard InChI is InChI=1S/C16H21N7/c1-9(2)7-19-15-14-10(3-13(6-17)21-15)8-20-16(23-14)22-12-4-11(18)5-12/h3,8-9,11-12H,4-5,7,18H2,1-2H3,(H,19,21)(H,20,22,23)/t11-,12-. The maximum Gasteiger partial charge on any atom is 0.223 e. The molecule has 0 amide bonds. The number of hydrogen-bond acceptors (Lipinski definition) is 7. The average molecular weight is 311 g/mol. The number of nitriles is 1. The highest BCUT2D eigenvalue weighted by Crippen LogP contribution is 2.24. The average Bonchev–Trinajstić information content (AvgIpc) is 2.50. The van der Waals surface area contributed by atoms with E-state index in [0.717, 1.165) is 30.3 Å².